The number of aliphatic carboxylic acids is 1. The zero-order valence-electron chi connectivity index (χ0n) is 13.3. The summed E-state index contributed by atoms with van der Waals surface area (Å²) in [7, 11) is 0. The van der Waals surface area contributed by atoms with Crippen LogP contribution in [0.5, 0.6) is 5.75 Å². The lowest BCUT2D eigenvalue weighted by Gasteiger charge is -2.14. The number of carboxylic acids is 1. The molecule has 7 nitrogen and oxygen atoms in total. The topological polar surface area (TPSA) is 101 Å². The molecule has 24 heavy (non-hydrogen) atoms. The number of carbonyl (C=O) groups is 2. The summed E-state index contributed by atoms with van der Waals surface area (Å²) in [5.74, 6) is -1.31. The Labute approximate surface area is 139 Å². The van der Waals surface area contributed by atoms with E-state index in [0.717, 1.165) is 11.3 Å². The molecule has 1 amide bonds. The fraction of sp³-hybridized carbons (Fsp3) is 0.294. The molecule has 1 aromatic heterocycles. The van der Waals surface area contributed by atoms with Gasteiger partial charge in [0.2, 0.25) is 0 Å². The van der Waals surface area contributed by atoms with Crippen molar-refractivity contribution in [2.24, 2.45) is 5.92 Å². The second kappa shape index (κ2) is 8.61. The number of carbonyl (C=O) groups excluding carboxylic acids is 1. The summed E-state index contributed by atoms with van der Waals surface area (Å²) in [6.45, 7) is 2.51. The molecule has 0 bridgehead atoms. The summed E-state index contributed by atoms with van der Waals surface area (Å²) in [5, 5.41) is 19.2. The Morgan fingerprint density at radius 3 is 2.54 bits per heavy atom. The van der Waals surface area contributed by atoms with Gasteiger partial charge in [-0.1, -0.05) is 12.1 Å². The largest absolute Gasteiger partial charge is 0.494 e. The summed E-state index contributed by atoms with van der Waals surface area (Å²) in [4.78, 5) is 23.4. The third kappa shape index (κ3) is 5.05. The van der Waals surface area contributed by atoms with E-state index in [0.29, 0.717) is 18.6 Å². The zero-order chi connectivity index (χ0) is 17.4. The van der Waals surface area contributed by atoms with Crippen LogP contribution in [0.4, 0.5) is 0 Å². The van der Waals surface area contributed by atoms with E-state index >= 15 is 0 Å². The van der Waals surface area contributed by atoms with Crippen LogP contribution in [0.1, 0.15) is 22.8 Å². The zero-order valence-corrected chi connectivity index (χ0v) is 13.3. The number of hydrogen-bond acceptors (Lipinski definition) is 5. The number of hydrogen-bond donors (Lipinski definition) is 2. The Morgan fingerprint density at radius 2 is 1.96 bits per heavy atom. The van der Waals surface area contributed by atoms with Crippen molar-refractivity contribution in [3.63, 3.8) is 0 Å². The summed E-state index contributed by atoms with van der Waals surface area (Å²) in [6, 6.07) is 8.79. The number of rotatable bonds is 8. The number of benzene rings is 1. The fourth-order valence-electron chi connectivity index (χ4n) is 2.16. The Morgan fingerprint density at radius 1 is 1.21 bits per heavy atom. The Balaban J connectivity index is 1.94. The summed E-state index contributed by atoms with van der Waals surface area (Å²) in [6.07, 6.45) is 3.05. The summed E-state index contributed by atoms with van der Waals surface area (Å²) < 4.78 is 5.36. The van der Waals surface area contributed by atoms with Crippen LogP contribution in [0.15, 0.2) is 42.7 Å². The van der Waals surface area contributed by atoms with E-state index in [-0.39, 0.29) is 12.5 Å². The monoisotopic (exact) mass is 329 g/mol. The second-order valence-electron chi connectivity index (χ2n) is 5.16. The minimum Gasteiger partial charge on any atom is -0.494 e. The van der Waals surface area contributed by atoms with E-state index in [1.54, 1.807) is 12.1 Å². The molecule has 0 fully saturated rings. The van der Waals surface area contributed by atoms with Gasteiger partial charge in [0.05, 0.1) is 30.5 Å². The third-order valence-corrected chi connectivity index (χ3v) is 3.42. The van der Waals surface area contributed by atoms with Crippen LogP contribution in [0, 0.1) is 5.92 Å². The standard InChI is InChI=1S/C17H19N3O4/c1-2-24-15-5-3-12(4-6-15)9-14(17(22)23)10-18-16(21)13-7-8-19-20-11-13/h3-8,11,14H,2,9-10H2,1H3,(H,18,21)(H,22,23). The Kier molecular flexibility index (Phi) is 6.24. The average Bonchev–Trinajstić information content (AvgIpc) is 2.60. The number of ether oxygens (including phenoxy) is 1. The van der Waals surface area contributed by atoms with Gasteiger partial charge in [-0.15, -0.1) is 0 Å². The van der Waals surface area contributed by atoms with Gasteiger partial charge in [0.25, 0.3) is 5.91 Å². The van der Waals surface area contributed by atoms with E-state index in [9.17, 15) is 14.7 Å². The molecule has 7 heteroatoms. The van der Waals surface area contributed by atoms with Crippen LogP contribution in [0.3, 0.4) is 0 Å². The quantitative estimate of drug-likeness (QED) is 0.762. The molecule has 2 rings (SSSR count). The third-order valence-electron chi connectivity index (χ3n) is 3.42. The lowest BCUT2D eigenvalue weighted by molar-refractivity contribution is -0.141. The highest BCUT2D eigenvalue weighted by Crippen LogP contribution is 2.15. The lowest BCUT2D eigenvalue weighted by atomic mass is 9.99. The van der Waals surface area contributed by atoms with Gasteiger partial charge >= 0.3 is 5.97 Å². The first-order valence-electron chi connectivity index (χ1n) is 7.59. The SMILES string of the molecule is CCOc1ccc(CC(CNC(=O)c2ccnnc2)C(=O)O)cc1. The molecule has 1 atom stereocenters. The van der Waals surface area contributed by atoms with Gasteiger partial charge in [0.15, 0.2) is 0 Å². The smallest absolute Gasteiger partial charge is 0.308 e. The van der Waals surface area contributed by atoms with Crippen molar-refractivity contribution >= 4 is 11.9 Å². The summed E-state index contributed by atoms with van der Waals surface area (Å²) >= 11 is 0. The molecule has 0 aliphatic heterocycles. The number of amides is 1. The molecule has 1 heterocycles. The van der Waals surface area contributed by atoms with E-state index < -0.39 is 11.9 Å². The van der Waals surface area contributed by atoms with Crippen LogP contribution in [0.2, 0.25) is 0 Å². The van der Waals surface area contributed by atoms with E-state index in [1.165, 1.54) is 18.5 Å². The van der Waals surface area contributed by atoms with Crippen LogP contribution in [-0.2, 0) is 11.2 Å². The molecule has 0 saturated carbocycles. The van der Waals surface area contributed by atoms with Gasteiger partial charge in [-0.3, -0.25) is 9.59 Å². The maximum atomic E-state index is 12.0. The predicted molar refractivity (Wildman–Crippen MR) is 86.8 cm³/mol. The van der Waals surface area contributed by atoms with Gasteiger partial charge < -0.3 is 15.2 Å². The average molecular weight is 329 g/mol. The van der Waals surface area contributed by atoms with Crippen molar-refractivity contribution in [1.29, 1.82) is 0 Å². The molecule has 1 unspecified atom stereocenters. The highest BCUT2D eigenvalue weighted by molar-refractivity contribution is 5.93. The predicted octanol–water partition coefficient (Wildman–Crippen LogP) is 1.55. The number of nitrogens with zero attached hydrogens (tertiary/aromatic N) is 2. The maximum absolute atomic E-state index is 12.0. The molecule has 0 radical (unpaired) electrons. The number of aromatic nitrogens is 2. The van der Waals surface area contributed by atoms with Crippen molar-refractivity contribution in [3.8, 4) is 5.75 Å². The molecule has 1 aromatic carbocycles. The van der Waals surface area contributed by atoms with Crippen molar-refractivity contribution in [3.05, 3.63) is 53.9 Å². The molecule has 0 aliphatic rings. The molecule has 2 aromatic rings. The van der Waals surface area contributed by atoms with Gasteiger partial charge in [-0.2, -0.15) is 10.2 Å². The van der Waals surface area contributed by atoms with Gasteiger partial charge in [0, 0.05) is 6.54 Å². The molecule has 126 valence electrons. The van der Waals surface area contributed by atoms with Crippen LogP contribution >= 0.6 is 0 Å². The summed E-state index contributed by atoms with van der Waals surface area (Å²) in [5.41, 5.74) is 1.21. The molecule has 0 saturated heterocycles. The minimum atomic E-state index is -0.961. The van der Waals surface area contributed by atoms with Crippen molar-refractivity contribution < 1.29 is 19.4 Å². The van der Waals surface area contributed by atoms with Crippen LogP contribution in [-0.4, -0.2) is 40.3 Å². The molecule has 0 spiro atoms. The van der Waals surface area contributed by atoms with Gasteiger partial charge in [-0.05, 0) is 37.1 Å². The first-order chi connectivity index (χ1) is 11.6. The maximum Gasteiger partial charge on any atom is 0.308 e. The fourth-order valence-corrected chi connectivity index (χ4v) is 2.16. The van der Waals surface area contributed by atoms with Gasteiger partial charge in [0.1, 0.15) is 5.75 Å². The minimum absolute atomic E-state index is 0.0314. The van der Waals surface area contributed by atoms with Gasteiger partial charge in [-0.25, -0.2) is 0 Å². The molecular weight excluding hydrogens is 310 g/mol. The van der Waals surface area contributed by atoms with Crippen molar-refractivity contribution in [1.82, 2.24) is 15.5 Å². The number of nitrogens with one attached hydrogen (secondary N) is 1. The molecule has 0 aliphatic carbocycles. The first kappa shape index (κ1) is 17.4. The van der Waals surface area contributed by atoms with E-state index in [4.69, 9.17) is 4.74 Å². The van der Waals surface area contributed by atoms with Crippen molar-refractivity contribution in [2.45, 2.75) is 13.3 Å². The lowest BCUT2D eigenvalue weighted by Crippen LogP contribution is -2.34. The molecule has 2 N–H and O–H groups in total. The van der Waals surface area contributed by atoms with Crippen molar-refractivity contribution in [2.75, 3.05) is 13.2 Å². The van der Waals surface area contributed by atoms with Crippen LogP contribution < -0.4 is 10.1 Å². The highest BCUT2D eigenvalue weighted by atomic mass is 16.5. The highest BCUT2D eigenvalue weighted by Gasteiger charge is 2.19. The second-order valence-corrected chi connectivity index (χ2v) is 5.16. The number of carboxylic acid groups (broad SMARTS) is 1. The van der Waals surface area contributed by atoms with E-state index in [2.05, 4.69) is 15.5 Å². The Hall–Kier alpha value is -2.96. The van der Waals surface area contributed by atoms with Crippen LogP contribution in [0.25, 0.3) is 0 Å². The van der Waals surface area contributed by atoms with E-state index in [1.807, 2.05) is 19.1 Å². The first-order valence-corrected chi connectivity index (χ1v) is 7.59. The Bertz CT molecular complexity index is 674. The molecular formula is C17H19N3O4. The normalized spacial score (nSPS) is 11.5.